The summed E-state index contributed by atoms with van der Waals surface area (Å²) in [6, 6.07) is 6.31. The van der Waals surface area contributed by atoms with E-state index in [0.29, 0.717) is 11.2 Å². The summed E-state index contributed by atoms with van der Waals surface area (Å²) in [6.07, 6.45) is 2.17. The van der Waals surface area contributed by atoms with Crippen molar-refractivity contribution in [2.75, 3.05) is 0 Å². The van der Waals surface area contributed by atoms with Crippen molar-refractivity contribution < 1.29 is 9.18 Å². The van der Waals surface area contributed by atoms with Gasteiger partial charge in [0.25, 0.3) is 0 Å². The number of aromatic nitrogens is 4. The second kappa shape index (κ2) is 6.66. The molecule has 0 bridgehead atoms. The Morgan fingerprint density at radius 2 is 2.04 bits per heavy atom. The first kappa shape index (κ1) is 15.9. The van der Waals surface area contributed by atoms with Gasteiger partial charge in [-0.1, -0.05) is 23.9 Å². The van der Waals surface area contributed by atoms with Crippen molar-refractivity contribution >= 4 is 17.7 Å². The van der Waals surface area contributed by atoms with E-state index in [4.69, 9.17) is 0 Å². The monoisotopic (exact) mass is 335 g/mol. The minimum atomic E-state index is -0.318. The SMILES string of the molecule is CC(Sc1nnnn1C1CC1)C(=O)NC(C)c1ccc(F)cc1. The Bertz CT molecular complexity index is 685. The largest absolute Gasteiger partial charge is 0.349 e. The molecule has 1 N–H and O–H groups in total. The van der Waals surface area contributed by atoms with Crippen LogP contribution in [0.4, 0.5) is 4.39 Å². The molecule has 1 aliphatic rings. The van der Waals surface area contributed by atoms with Gasteiger partial charge in [-0.15, -0.1) is 5.10 Å². The van der Waals surface area contributed by atoms with E-state index >= 15 is 0 Å². The number of halogens is 1. The lowest BCUT2D eigenvalue weighted by Crippen LogP contribution is -2.33. The summed E-state index contributed by atoms with van der Waals surface area (Å²) >= 11 is 1.35. The number of benzene rings is 1. The third kappa shape index (κ3) is 3.87. The number of nitrogens with one attached hydrogen (secondary N) is 1. The van der Waals surface area contributed by atoms with Crippen LogP contribution in [0, 0.1) is 5.82 Å². The maximum Gasteiger partial charge on any atom is 0.233 e. The Labute approximate surface area is 137 Å². The van der Waals surface area contributed by atoms with E-state index in [-0.39, 0.29) is 23.0 Å². The van der Waals surface area contributed by atoms with Gasteiger partial charge < -0.3 is 5.32 Å². The first-order chi connectivity index (χ1) is 11.0. The molecule has 3 rings (SSSR count). The highest BCUT2D eigenvalue weighted by Gasteiger charge is 2.29. The lowest BCUT2D eigenvalue weighted by Gasteiger charge is -2.17. The number of nitrogens with zero attached hydrogens (tertiary/aromatic N) is 4. The fraction of sp³-hybridized carbons (Fsp3) is 0.467. The van der Waals surface area contributed by atoms with E-state index in [1.54, 1.807) is 16.8 Å². The summed E-state index contributed by atoms with van der Waals surface area (Å²) in [6.45, 7) is 3.69. The van der Waals surface area contributed by atoms with Crippen LogP contribution < -0.4 is 5.32 Å². The number of hydrogen-bond acceptors (Lipinski definition) is 5. The highest BCUT2D eigenvalue weighted by molar-refractivity contribution is 8.00. The van der Waals surface area contributed by atoms with Crippen molar-refractivity contribution in [3.63, 3.8) is 0 Å². The van der Waals surface area contributed by atoms with Gasteiger partial charge in [0.05, 0.1) is 17.3 Å². The Balaban J connectivity index is 1.58. The molecule has 6 nitrogen and oxygen atoms in total. The van der Waals surface area contributed by atoms with Gasteiger partial charge in [0, 0.05) is 0 Å². The van der Waals surface area contributed by atoms with Gasteiger partial charge in [-0.3, -0.25) is 4.79 Å². The van der Waals surface area contributed by atoms with Crippen LogP contribution in [0.2, 0.25) is 0 Å². The topological polar surface area (TPSA) is 72.7 Å². The smallest absolute Gasteiger partial charge is 0.233 e. The van der Waals surface area contributed by atoms with Crippen LogP contribution in [0.5, 0.6) is 0 Å². The maximum atomic E-state index is 12.9. The zero-order valence-corrected chi connectivity index (χ0v) is 13.8. The third-order valence-electron chi connectivity index (χ3n) is 3.74. The predicted octanol–water partition coefficient (Wildman–Crippen LogP) is 2.51. The number of carbonyl (C=O) groups excluding carboxylic acids is 1. The molecule has 2 atom stereocenters. The van der Waals surface area contributed by atoms with E-state index in [0.717, 1.165) is 18.4 Å². The number of rotatable bonds is 6. The zero-order chi connectivity index (χ0) is 16.4. The van der Waals surface area contributed by atoms with Gasteiger partial charge >= 0.3 is 0 Å². The molecule has 1 aliphatic carbocycles. The van der Waals surface area contributed by atoms with Gasteiger partial charge in [-0.05, 0) is 54.8 Å². The summed E-state index contributed by atoms with van der Waals surface area (Å²) in [5.74, 6) is -0.389. The van der Waals surface area contributed by atoms with Crippen molar-refractivity contribution in [1.29, 1.82) is 0 Å². The normalized spacial score (nSPS) is 16.8. The molecule has 1 aromatic heterocycles. The molecule has 1 saturated carbocycles. The fourth-order valence-corrected chi connectivity index (χ4v) is 3.06. The molecular formula is C15H18FN5OS. The zero-order valence-electron chi connectivity index (χ0n) is 12.9. The average Bonchev–Trinajstić information content (AvgIpc) is 3.27. The second-order valence-corrected chi connectivity index (χ2v) is 6.99. The molecule has 2 aromatic rings. The molecule has 1 heterocycles. The maximum absolute atomic E-state index is 12.9. The van der Waals surface area contributed by atoms with Crippen LogP contribution in [0.25, 0.3) is 0 Å². The predicted molar refractivity (Wildman–Crippen MR) is 84.4 cm³/mol. The minimum Gasteiger partial charge on any atom is -0.349 e. The second-order valence-electron chi connectivity index (χ2n) is 5.68. The van der Waals surface area contributed by atoms with E-state index in [1.165, 1.54) is 23.9 Å². The summed E-state index contributed by atoms with van der Waals surface area (Å²) < 4.78 is 14.7. The van der Waals surface area contributed by atoms with Gasteiger partial charge in [-0.25, -0.2) is 9.07 Å². The molecule has 2 unspecified atom stereocenters. The molecule has 0 radical (unpaired) electrons. The van der Waals surface area contributed by atoms with Crippen molar-refractivity contribution in [2.24, 2.45) is 0 Å². The Morgan fingerprint density at radius 3 is 2.70 bits per heavy atom. The van der Waals surface area contributed by atoms with Crippen LogP contribution >= 0.6 is 11.8 Å². The van der Waals surface area contributed by atoms with Crippen LogP contribution in [0.15, 0.2) is 29.4 Å². The highest BCUT2D eigenvalue weighted by Crippen LogP contribution is 2.37. The molecule has 0 saturated heterocycles. The number of amides is 1. The van der Waals surface area contributed by atoms with Crippen molar-refractivity contribution in [1.82, 2.24) is 25.5 Å². The lowest BCUT2D eigenvalue weighted by molar-refractivity contribution is -0.120. The molecule has 122 valence electrons. The van der Waals surface area contributed by atoms with E-state index in [1.807, 2.05) is 13.8 Å². The van der Waals surface area contributed by atoms with Crippen molar-refractivity contribution in [3.05, 3.63) is 35.6 Å². The third-order valence-corrected chi connectivity index (χ3v) is 4.78. The van der Waals surface area contributed by atoms with Crippen molar-refractivity contribution in [3.8, 4) is 0 Å². The standard InChI is InChI=1S/C15H18FN5OS/c1-9(11-3-5-12(16)6-4-11)17-14(22)10(2)23-15-18-19-20-21(15)13-7-8-13/h3-6,9-10,13H,7-8H2,1-2H3,(H,17,22). The first-order valence-electron chi connectivity index (χ1n) is 7.55. The minimum absolute atomic E-state index is 0.0998. The summed E-state index contributed by atoms with van der Waals surface area (Å²) in [5.41, 5.74) is 0.861. The molecule has 1 aromatic carbocycles. The summed E-state index contributed by atoms with van der Waals surface area (Å²) in [4.78, 5) is 12.3. The Hall–Kier alpha value is -1.96. The quantitative estimate of drug-likeness (QED) is 0.821. The highest BCUT2D eigenvalue weighted by atomic mass is 32.2. The van der Waals surface area contributed by atoms with Crippen LogP contribution in [0.1, 0.15) is 44.3 Å². The molecule has 23 heavy (non-hydrogen) atoms. The molecule has 8 heteroatoms. The van der Waals surface area contributed by atoms with Crippen molar-refractivity contribution in [2.45, 2.75) is 49.2 Å². The van der Waals surface area contributed by atoms with Crippen LogP contribution in [-0.2, 0) is 4.79 Å². The molecule has 0 aliphatic heterocycles. The van der Waals surface area contributed by atoms with Crippen LogP contribution in [0.3, 0.4) is 0 Å². The number of thioether (sulfide) groups is 1. The summed E-state index contributed by atoms with van der Waals surface area (Å²) in [7, 11) is 0. The number of tetrazole rings is 1. The van der Waals surface area contributed by atoms with Gasteiger partial charge in [0.15, 0.2) is 0 Å². The van der Waals surface area contributed by atoms with E-state index in [2.05, 4.69) is 20.8 Å². The van der Waals surface area contributed by atoms with Crippen LogP contribution in [-0.4, -0.2) is 31.4 Å². The Morgan fingerprint density at radius 1 is 1.35 bits per heavy atom. The fourth-order valence-electron chi connectivity index (χ4n) is 2.19. The van der Waals surface area contributed by atoms with Gasteiger partial charge in [-0.2, -0.15) is 0 Å². The Kier molecular flexibility index (Phi) is 4.61. The average molecular weight is 335 g/mol. The van der Waals surface area contributed by atoms with Gasteiger partial charge in [0.1, 0.15) is 5.82 Å². The molecule has 1 fully saturated rings. The lowest BCUT2D eigenvalue weighted by atomic mass is 10.1. The molecular weight excluding hydrogens is 317 g/mol. The first-order valence-corrected chi connectivity index (χ1v) is 8.43. The van der Waals surface area contributed by atoms with E-state index < -0.39 is 0 Å². The number of carbonyl (C=O) groups is 1. The van der Waals surface area contributed by atoms with E-state index in [9.17, 15) is 9.18 Å². The van der Waals surface area contributed by atoms with Gasteiger partial charge in [0.2, 0.25) is 11.1 Å². The molecule has 1 amide bonds. The number of hydrogen-bond donors (Lipinski definition) is 1. The molecule has 0 spiro atoms. The summed E-state index contributed by atoms with van der Waals surface area (Å²) in [5, 5.41) is 14.9.